The largest absolute Gasteiger partial charge is 0.619 e. The molecular formula is C10H9NO3S. The van der Waals surface area contributed by atoms with Crippen LogP contribution in [-0.2, 0) is 4.74 Å². The highest BCUT2D eigenvalue weighted by atomic mass is 32.1. The molecule has 0 aromatic carbocycles. The van der Waals surface area contributed by atoms with Crippen LogP contribution in [-0.4, -0.2) is 13.1 Å². The third-order valence-corrected chi connectivity index (χ3v) is 3.45. The molecule has 0 bridgehead atoms. The van der Waals surface area contributed by atoms with E-state index in [1.807, 2.05) is 6.92 Å². The summed E-state index contributed by atoms with van der Waals surface area (Å²) in [7, 11) is 1.35. The third-order valence-electron chi connectivity index (χ3n) is 2.23. The van der Waals surface area contributed by atoms with E-state index in [-0.39, 0.29) is 5.97 Å². The SMILES string of the molecule is COC(=O)c1sc2c[n+]([O-])ccc2c1C. The van der Waals surface area contributed by atoms with Crippen LogP contribution in [0.15, 0.2) is 18.5 Å². The summed E-state index contributed by atoms with van der Waals surface area (Å²) in [5.74, 6) is -0.355. The molecule has 0 aliphatic carbocycles. The molecule has 0 saturated carbocycles. The molecule has 0 aliphatic heterocycles. The topological polar surface area (TPSA) is 53.2 Å². The van der Waals surface area contributed by atoms with Crippen molar-refractivity contribution in [3.05, 3.63) is 34.1 Å². The molecule has 2 rings (SSSR count). The zero-order valence-electron chi connectivity index (χ0n) is 8.31. The second-order valence-electron chi connectivity index (χ2n) is 3.13. The van der Waals surface area contributed by atoms with E-state index in [0.717, 1.165) is 20.4 Å². The van der Waals surface area contributed by atoms with Gasteiger partial charge in [0.05, 0.1) is 7.11 Å². The lowest BCUT2D eigenvalue weighted by Gasteiger charge is -1.95. The van der Waals surface area contributed by atoms with Crippen LogP contribution in [0.4, 0.5) is 0 Å². The minimum atomic E-state index is -0.355. The van der Waals surface area contributed by atoms with E-state index >= 15 is 0 Å². The zero-order chi connectivity index (χ0) is 11.0. The number of hydrogen-bond donors (Lipinski definition) is 0. The van der Waals surface area contributed by atoms with Gasteiger partial charge in [-0.25, -0.2) is 4.79 Å². The predicted molar refractivity (Wildman–Crippen MR) is 56.9 cm³/mol. The molecule has 4 nitrogen and oxygen atoms in total. The van der Waals surface area contributed by atoms with Crippen LogP contribution in [0.25, 0.3) is 10.1 Å². The van der Waals surface area contributed by atoms with Gasteiger partial charge in [0.25, 0.3) is 0 Å². The summed E-state index contributed by atoms with van der Waals surface area (Å²) in [6.45, 7) is 1.85. The second-order valence-corrected chi connectivity index (χ2v) is 4.18. The molecule has 0 amide bonds. The van der Waals surface area contributed by atoms with E-state index in [4.69, 9.17) is 0 Å². The first-order chi connectivity index (χ1) is 7.13. The molecular weight excluding hydrogens is 214 g/mol. The molecule has 0 spiro atoms. The van der Waals surface area contributed by atoms with Crippen molar-refractivity contribution in [2.75, 3.05) is 7.11 Å². The van der Waals surface area contributed by atoms with E-state index in [1.54, 1.807) is 6.07 Å². The summed E-state index contributed by atoms with van der Waals surface area (Å²) in [5, 5.41) is 12.0. The van der Waals surface area contributed by atoms with Crippen molar-refractivity contribution in [3.8, 4) is 0 Å². The van der Waals surface area contributed by atoms with Gasteiger partial charge in [0.1, 0.15) is 9.58 Å². The smallest absolute Gasteiger partial charge is 0.348 e. The number of aryl methyl sites for hydroxylation is 1. The number of pyridine rings is 1. The molecule has 2 heterocycles. The molecule has 15 heavy (non-hydrogen) atoms. The van der Waals surface area contributed by atoms with Gasteiger partial charge in [-0.3, -0.25) is 0 Å². The van der Waals surface area contributed by atoms with Crippen LogP contribution in [0.1, 0.15) is 15.2 Å². The minimum Gasteiger partial charge on any atom is -0.619 e. The van der Waals surface area contributed by atoms with Gasteiger partial charge < -0.3 is 9.94 Å². The lowest BCUT2D eigenvalue weighted by atomic mass is 10.2. The van der Waals surface area contributed by atoms with Crippen molar-refractivity contribution in [3.63, 3.8) is 0 Å². The minimum absolute atomic E-state index is 0.355. The Balaban J connectivity index is 2.69. The number of aromatic nitrogens is 1. The van der Waals surface area contributed by atoms with Crippen molar-refractivity contribution >= 4 is 27.4 Å². The lowest BCUT2D eigenvalue weighted by Crippen LogP contribution is -2.23. The number of carbonyl (C=O) groups is 1. The Kier molecular flexibility index (Phi) is 2.32. The van der Waals surface area contributed by atoms with E-state index in [0.29, 0.717) is 4.88 Å². The molecule has 0 saturated heterocycles. The highest BCUT2D eigenvalue weighted by Gasteiger charge is 2.16. The van der Waals surface area contributed by atoms with Gasteiger partial charge in [-0.1, -0.05) is 0 Å². The van der Waals surface area contributed by atoms with Gasteiger partial charge in [0, 0.05) is 11.5 Å². The standard InChI is InChI=1S/C10H9NO3S/c1-6-7-3-4-11(13)5-8(7)15-9(6)10(12)14-2/h3-5H,1-2H3. The number of rotatable bonds is 1. The Bertz CT molecular complexity index is 533. The van der Waals surface area contributed by atoms with Crippen LogP contribution in [0.2, 0.25) is 0 Å². The number of ether oxygens (including phenoxy) is 1. The highest BCUT2D eigenvalue weighted by Crippen LogP contribution is 2.29. The summed E-state index contributed by atoms with van der Waals surface area (Å²) in [6, 6.07) is 1.71. The lowest BCUT2D eigenvalue weighted by molar-refractivity contribution is -0.603. The number of methoxy groups -OCH3 is 1. The highest BCUT2D eigenvalue weighted by molar-refractivity contribution is 7.21. The van der Waals surface area contributed by atoms with Crippen LogP contribution < -0.4 is 4.73 Å². The van der Waals surface area contributed by atoms with Crippen molar-refractivity contribution in [2.24, 2.45) is 0 Å². The maximum absolute atomic E-state index is 11.4. The van der Waals surface area contributed by atoms with Crippen LogP contribution in [0.3, 0.4) is 0 Å². The van der Waals surface area contributed by atoms with E-state index in [2.05, 4.69) is 4.74 Å². The zero-order valence-corrected chi connectivity index (χ0v) is 9.13. The number of nitrogens with zero attached hydrogens (tertiary/aromatic N) is 1. The molecule has 0 unspecified atom stereocenters. The number of carbonyl (C=O) groups excluding carboxylic acids is 1. The molecule has 78 valence electrons. The first kappa shape index (κ1) is 9.92. The van der Waals surface area contributed by atoms with Crippen LogP contribution >= 0.6 is 11.3 Å². The first-order valence-electron chi connectivity index (χ1n) is 4.33. The van der Waals surface area contributed by atoms with Crippen molar-refractivity contribution in [1.82, 2.24) is 0 Å². The van der Waals surface area contributed by atoms with Gasteiger partial charge >= 0.3 is 5.97 Å². The van der Waals surface area contributed by atoms with Crippen molar-refractivity contribution in [1.29, 1.82) is 0 Å². The Hall–Kier alpha value is -1.62. The molecule has 0 aliphatic rings. The molecule has 0 atom stereocenters. The summed E-state index contributed by atoms with van der Waals surface area (Å²) >= 11 is 1.28. The Morgan fingerprint density at radius 2 is 2.33 bits per heavy atom. The fraction of sp³-hybridized carbons (Fsp3) is 0.200. The molecule has 2 aromatic heterocycles. The quantitative estimate of drug-likeness (QED) is 0.419. The molecule has 0 radical (unpaired) electrons. The monoisotopic (exact) mass is 223 g/mol. The number of hydrogen-bond acceptors (Lipinski definition) is 4. The first-order valence-corrected chi connectivity index (χ1v) is 5.15. The molecule has 0 fully saturated rings. The number of esters is 1. The van der Waals surface area contributed by atoms with Gasteiger partial charge in [-0.2, -0.15) is 4.73 Å². The van der Waals surface area contributed by atoms with E-state index < -0.39 is 0 Å². The summed E-state index contributed by atoms with van der Waals surface area (Å²) in [6.07, 6.45) is 2.88. The maximum Gasteiger partial charge on any atom is 0.348 e. The molecule has 5 heteroatoms. The van der Waals surface area contributed by atoms with Crippen LogP contribution in [0, 0.1) is 12.1 Å². The average molecular weight is 223 g/mol. The predicted octanol–water partition coefficient (Wildman–Crippen LogP) is 1.63. The third kappa shape index (κ3) is 1.55. The van der Waals surface area contributed by atoms with Gasteiger partial charge in [-0.15, -0.1) is 11.3 Å². The van der Waals surface area contributed by atoms with Crippen molar-refractivity contribution in [2.45, 2.75) is 6.92 Å². The van der Waals surface area contributed by atoms with Crippen molar-refractivity contribution < 1.29 is 14.3 Å². The average Bonchev–Trinajstić information content (AvgIpc) is 2.54. The fourth-order valence-corrected chi connectivity index (χ4v) is 2.58. The Labute approximate surface area is 90.3 Å². The number of fused-ring (bicyclic) bond motifs is 1. The fourth-order valence-electron chi connectivity index (χ4n) is 1.45. The number of thiophene rings is 1. The van der Waals surface area contributed by atoms with Gasteiger partial charge in [0.2, 0.25) is 0 Å². The van der Waals surface area contributed by atoms with Crippen LogP contribution in [0.5, 0.6) is 0 Å². The van der Waals surface area contributed by atoms with E-state index in [1.165, 1.54) is 30.8 Å². The normalized spacial score (nSPS) is 10.5. The maximum atomic E-state index is 11.4. The molecule has 0 N–H and O–H groups in total. The summed E-state index contributed by atoms with van der Waals surface area (Å²) < 4.78 is 6.18. The molecule has 2 aromatic rings. The van der Waals surface area contributed by atoms with Gasteiger partial charge in [0.15, 0.2) is 12.4 Å². The Morgan fingerprint density at radius 1 is 1.60 bits per heavy atom. The summed E-state index contributed by atoms with van der Waals surface area (Å²) in [5.41, 5.74) is 0.863. The summed E-state index contributed by atoms with van der Waals surface area (Å²) in [4.78, 5) is 11.9. The van der Waals surface area contributed by atoms with E-state index in [9.17, 15) is 10.0 Å². The second kappa shape index (κ2) is 3.51. The Morgan fingerprint density at radius 3 is 3.00 bits per heavy atom. The van der Waals surface area contributed by atoms with Gasteiger partial charge in [-0.05, 0) is 12.5 Å².